The van der Waals surface area contributed by atoms with Crippen LogP contribution < -0.4 is 10.2 Å². The summed E-state index contributed by atoms with van der Waals surface area (Å²) in [6.45, 7) is 15.6. The number of nitrogens with zero attached hydrogens (tertiary/aromatic N) is 4. The summed E-state index contributed by atoms with van der Waals surface area (Å²) in [5.74, 6) is -1.22. The number of aromatic nitrogens is 1. The van der Waals surface area contributed by atoms with Crippen LogP contribution in [0.2, 0.25) is 0 Å². The molecule has 0 spiro atoms. The maximum atomic E-state index is 14.2. The van der Waals surface area contributed by atoms with Crippen LogP contribution in [0.25, 0.3) is 0 Å². The Balaban J connectivity index is 2.17. The van der Waals surface area contributed by atoms with Crippen LogP contribution >= 0.6 is 0 Å². The molecule has 2 unspecified atom stereocenters. The van der Waals surface area contributed by atoms with E-state index >= 15 is 0 Å². The highest BCUT2D eigenvalue weighted by molar-refractivity contribution is 6.08. The maximum absolute atomic E-state index is 14.2. The van der Waals surface area contributed by atoms with Gasteiger partial charge in [-0.1, -0.05) is 45.5 Å². The molecule has 1 aromatic heterocycles. The maximum Gasteiger partial charge on any atom is 0.253 e. The number of carbonyl (C=O) groups excluding carboxylic acids is 3. The first-order chi connectivity index (χ1) is 16.8. The molecule has 1 aliphatic heterocycles. The smallest absolute Gasteiger partial charge is 0.253 e. The van der Waals surface area contributed by atoms with Gasteiger partial charge in [-0.15, -0.1) is 0 Å². The SMILES string of the molecule is C=CC(=O)N1C=NCC1C(=O)N(c1ccc(C(C)(C)C)cc1)C(C(=O)NC(C)(C)C)c1cccnc1. The molecular formula is C28H35N5O3. The van der Waals surface area contributed by atoms with Gasteiger partial charge >= 0.3 is 0 Å². The van der Waals surface area contributed by atoms with Crippen molar-refractivity contribution in [3.8, 4) is 0 Å². The van der Waals surface area contributed by atoms with Gasteiger partial charge in [-0.3, -0.25) is 34.2 Å². The van der Waals surface area contributed by atoms with Crippen LogP contribution in [0.1, 0.15) is 58.7 Å². The molecule has 0 saturated heterocycles. The van der Waals surface area contributed by atoms with Crippen molar-refractivity contribution in [1.29, 1.82) is 0 Å². The van der Waals surface area contributed by atoms with Crippen molar-refractivity contribution in [3.05, 3.63) is 72.6 Å². The monoisotopic (exact) mass is 489 g/mol. The summed E-state index contributed by atoms with van der Waals surface area (Å²) in [5, 5.41) is 3.01. The summed E-state index contributed by atoms with van der Waals surface area (Å²) >= 11 is 0. The number of amides is 3. The van der Waals surface area contributed by atoms with E-state index in [4.69, 9.17) is 0 Å². The average Bonchev–Trinajstić information content (AvgIpc) is 3.30. The van der Waals surface area contributed by atoms with Crippen LogP contribution in [-0.4, -0.2) is 52.1 Å². The molecule has 0 radical (unpaired) electrons. The zero-order valence-electron chi connectivity index (χ0n) is 21.9. The van der Waals surface area contributed by atoms with Gasteiger partial charge in [0.15, 0.2) is 0 Å². The Bertz CT molecular complexity index is 1140. The Morgan fingerprint density at radius 1 is 1.11 bits per heavy atom. The van der Waals surface area contributed by atoms with E-state index in [1.165, 1.54) is 16.1 Å². The van der Waals surface area contributed by atoms with E-state index < -0.39 is 29.4 Å². The summed E-state index contributed by atoms with van der Waals surface area (Å²) in [4.78, 5) is 51.4. The molecule has 2 atom stereocenters. The van der Waals surface area contributed by atoms with Crippen LogP contribution in [0.5, 0.6) is 0 Å². The lowest BCUT2D eigenvalue weighted by molar-refractivity contribution is -0.132. The third-order valence-electron chi connectivity index (χ3n) is 5.79. The van der Waals surface area contributed by atoms with Gasteiger partial charge in [0.25, 0.3) is 11.8 Å². The van der Waals surface area contributed by atoms with Crippen LogP contribution in [0, 0.1) is 0 Å². The summed E-state index contributed by atoms with van der Waals surface area (Å²) in [6, 6.07) is 9.14. The van der Waals surface area contributed by atoms with Crippen molar-refractivity contribution < 1.29 is 14.4 Å². The number of aliphatic imine (C=N–C) groups is 1. The van der Waals surface area contributed by atoms with Crippen molar-refractivity contribution in [2.75, 3.05) is 11.4 Å². The highest BCUT2D eigenvalue weighted by Gasteiger charge is 2.41. The van der Waals surface area contributed by atoms with Gasteiger partial charge in [0.1, 0.15) is 12.1 Å². The van der Waals surface area contributed by atoms with Crippen LogP contribution in [-0.2, 0) is 19.8 Å². The molecule has 8 heteroatoms. The third-order valence-corrected chi connectivity index (χ3v) is 5.79. The fourth-order valence-electron chi connectivity index (χ4n) is 4.00. The zero-order chi connectivity index (χ0) is 26.7. The van der Waals surface area contributed by atoms with Crippen molar-refractivity contribution in [3.63, 3.8) is 0 Å². The number of benzene rings is 1. The largest absolute Gasteiger partial charge is 0.349 e. The van der Waals surface area contributed by atoms with Gasteiger partial charge in [-0.25, -0.2) is 0 Å². The van der Waals surface area contributed by atoms with Gasteiger partial charge in [0.05, 0.1) is 12.9 Å². The molecule has 1 N–H and O–H groups in total. The fourth-order valence-corrected chi connectivity index (χ4v) is 4.00. The number of hydrogen-bond acceptors (Lipinski definition) is 5. The predicted octanol–water partition coefficient (Wildman–Crippen LogP) is 3.79. The molecule has 36 heavy (non-hydrogen) atoms. The topological polar surface area (TPSA) is 95.0 Å². The van der Waals surface area contributed by atoms with E-state index in [2.05, 4.69) is 42.6 Å². The Hall–Kier alpha value is -3.81. The van der Waals surface area contributed by atoms with E-state index in [1.54, 1.807) is 24.5 Å². The molecule has 1 aromatic carbocycles. The summed E-state index contributed by atoms with van der Waals surface area (Å²) in [5.41, 5.74) is 1.54. The first-order valence-electron chi connectivity index (χ1n) is 11.9. The predicted molar refractivity (Wildman–Crippen MR) is 142 cm³/mol. The molecule has 3 rings (SSSR count). The summed E-state index contributed by atoms with van der Waals surface area (Å²) in [7, 11) is 0. The molecule has 0 fully saturated rings. The quantitative estimate of drug-likeness (QED) is 0.625. The molecular weight excluding hydrogens is 454 g/mol. The molecule has 0 aliphatic carbocycles. The number of pyridine rings is 1. The fraction of sp³-hybridized carbons (Fsp3) is 0.393. The molecule has 0 bridgehead atoms. The van der Waals surface area contributed by atoms with Crippen molar-refractivity contribution >= 4 is 29.7 Å². The molecule has 190 valence electrons. The Kier molecular flexibility index (Phi) is 7.77. The second-order valence-electron chi connectivity index (χ2n) is 10.9. The Morgan fingerprint density at radius 2 is 1.78 bits per heavy atom. The first kappa shape index (κ1) is 26.8. The number of carbonyl (C=O) groups is 3. The minimum Gasteiger partial charge on any atom is -0.349 e. The van der Waals surface area contributed by atoms with Crippen molar-refractivity contribution in [2.24, 2.45) is 4.99 Å². The molecule has 2 heterocycles. The Morgan fingerprint density at radius 3 is 2.31 bits per heavy atom. The van der Waals surface area contributed by atoms with E-state index in [9.17, 15) is 14.4 Å². The first-order valence-corrected chi connectivity index (χ1v) is 11.9. The highest BCUT2D eigenvalue weighted by atomic mass is 16.2. The van der Waals surface area contributed by atoms with E-state index in [1.807, 2.05) is 45.0 Å². The second kappa shape index (κ2) is 10.4. The minimum absolute atomic E-state index is 0.0911. The molecule has 1 aliphatic rings. The average molecular weight is 490 g/mol. The highest BCUT2D eigenvalue weighted by Crippen LogP contribution is 2.32. The molecule has 8 nitrogen and oxygen atoms in total. The molecule has 2 aromatic rings. The van der Waals surface area contributed by atoms with Crippen LogP contribution in [0.3, 0.4) is 0 Å². The summed E-state index contributed by atoms with van der Waals surface area (Å²) < 4.78 is 0. The Labute approximate surface area is 213 Å². The van der Waals surface area contributed by atoms with Gasteiger partial charge in [0, 0.05) is 29.2 Å². The van der Waals surface area contributed by atoms with Crippen LogP contribution in [0.15, 0.2) is 66.4 Å². The van der Waals surface area contributed by atoms with Gasteiger partial charge in [-0.2, -0.15) is 0 Å². The number of hydrogen-bond donors (Lipinski definition) is 1. The zero-order valence-corrected chi connectivity index (χ0v) is 21.9. The van der Waals surface area contributed by atoms with Crippen molar-refractivity contribution in [2.45, 2.75) is 64.6 Å². The van der Waals surface area contributed by atoms with Crippen molar-refractivity contribution in [1.82, 2.24) is 15.2 Å². The van der Waals surface area contributed by atoms with E-state index in [0.717, 1.165) is 11.6 Å². The minimum atomic E-state index is -1.02. The number of rotatable bonds is 6. The standard InChI is InChI=1S/C28H35N5O3/c1-8-23(34)32-18-30-17-22(32)26(36)33(21-13-11-20(12-14-21)27(2,3)4)24(19-10-9-15-29-16-19)25(35)31-28(5,6)7/h8-16,18,22,24H,1,17H2,2-7H3,(H,31,35). The van der Waals surface area contributed by atoms with E-state index in [-0.39, 0.29) is 17.9 Å². The van der Waals surface area contributed by atoms with Gasteiger partial charge in [0.2, 0.25) is 5.91 Å². The molecule has 0 saturated carbocycles. The lowest BCUT2D eigenvalue weighted by atomic mass is 9.87. The lowest BCUT2D eigenvalue weighted by Crippen LogP contribution is -2.54. The van der Waals surface area contributed by atoms with Crippen LogP contribution in [0.4, 0.5) is 5.69 Å². The van der Waals surface area contributed by atoms with Gasteiger partial charge in [-0.05, 0) is 56.0 Å². The lowest BCUT2D eigenvalue weighted by Gasteiger charge is -2.36. The third kappa shape index (κ3) is 6.05. The number of anilines is 1. The summed E-state index contributed by atoms with van der Waals surface area (Å²) in [6.07, 6.45) is 5.68. The number of nitrogens with one attached hydrogen (secondary N) is 1. The van der Waals surface area contributed by atoms with E-state index in [0.29, 0.717) is 11.3 Å². The normalized spacial score (nSPS) is 16.4. The second-order valence-corrected chi connectivity index (χ2v) is 10.9. The van der Waals surface area contributed by atoms with Gasteiger partial charge < -0.3 is 5.32 Å². The molecule has 3 amide bonds.